The molecule has 0 saturated heterocycles. The number of carbonyl (C=O) groups excluding carboxylic acids is 1. The topological polar surface area (TPSA) is 84.3 Å². The molecule has 2 aromatic heterocycles. The van der Waals surface area contributed by atoms with E-state index in [9.17, 15) is 4.79 Å². The summed E-state index contributed by atoms with van der Waals surface area (Å²) in [4.78, 5) is 20.4. The largest absolute Gasteiger partial charge is 0.383 e. The van der Waals surface area contributed by atoms with Crippen molar-refractivity contribution in [1.82, 2.24) is 20.0 Å². The van der Waals surface area contributed by atoms with Gasteiger partial charge in [0.05, 0.1) is 23.9 Å². The predicted molar refractivity (Wildman–Crippen MR) is 133 cm³/mol. The van der Waals surface area contributed by atoms with Gasteiger partial charge in [0, 0.05) is 41.9 Å². The number of nitrogens with zero attached hydrogens (tertiary/aromatic N) is 3. The van der Waals surface area contributed by atoms with E-state index in [4.69, 9.17) is 4.74 Å². The molecular weight excluding hydrogens is 434 g/mol. The number of imidazole rings is 1. The Bertz CT molecular complexity index is 1240. The number of amides is 1. The molecule has 1 amide bonds. The zero-order valence-electron chi connectivity index (χ0n) is 19.0. The second-order valence-corrected chi connectivity index (χ2v) is 8.68. The van der Waals surface area contributed by atoms with Crippen molar-refractivity contribution in [1.29, 1.82) is 0 Å². The zero-order valence-corrected chi connectivity index (χ0v) is 19.8. The van der Waals surface area contributed by atoms with Gasteiger partial charge in [-0.2, -0.15) is 5.10 Å². The first-order valence-corrected chi connectivity index (χ1v) is 11.7. The van der Waals surface area contributed by atoms with Gasteiger partial charge in [0.15, 0.2) is 5.16 Å². The van der Waals surface area contributed by atoms with Crippen molar-refractivity contribution in [2.45, 2.75) is 31.3 Å². The number of ether oxygens (including phenoxy) is 1. The van der Waals surface area contributed by atoms with Crippen molar-refractivity contribution in [2.75, 3.05) is 13.7 Å². The number of aryl methyl sites for hydroxylation is 1. The first kappa shape index (κ1) is 22.8. The van der Waals surface area contributed by atoms with Crippen molar-refractivity contribution >= 4 is 34.9 Å². The Morgan fingerprint density at radius 1 is 1.21 bits per heavy atom. The highest BCUT2D eigenvalue weighted by molar-refractivity contribution is 7.98. The number of rotatable bonds is 9. The van der Waals surface area contributed by atoms with Gasteiger partial charge in [-0.05, 0) is 49.7 Å². The Kier molecular flexibility index (Phi) is 7.26. The Morgan fingerprint density at radius 3 is 2.76 bits per heavy atom. The second-order valence-electron chi connectivity index (χ2n) is 7.71. The van der Waals surface area contributed by atoms with Gasteiger partial charge in [-0.15, -0.1) is 0 Å². The van der Waals surface area contributed by atoms with Crippen LogP contribution in [0.5, 0.6) is 0 Å². The van der Waals surface area contributed by atoms with Crippen LogP contribution in [0.1, 0.15) is 32.9 Å². The van der Waals surface area contributed by atoms with Crippen molar-refractivity contribution in [3.63, 3.8) is 0 Å². The van der Waals surface area contributed by atoms with Gasteiger partial charge in [0.25, 0.3) is 5.91 Å². The third-order valence-electron chi connectivity index (χ3n) is 5.46. The Balaban J connectivity index is 1.32. The molecule has 0 atom stereocenters. The van der Waals surface area contributed by atoms with Crippen molar-refractivity contribution < 1.29 is 9.53 Å². The molecule has 2 aromatic carbocycles. The molecule has 0 aliphatic carbocycles. The summed E-state index contributed by atoms with van der Waals surface area (Å²) in [5.74, 6) is 0.523. The van der Waals surface area contributed by atoms with Gasteiger partial charge in [-0.1, -0.05) is 36.0 Å². The fourth-order valence-corrected chi connectivity index (χ4v) is 4.45. The fraction of sp³-hybridized carbons (Fsp3) is 0.240. The minimum Gasteiger partial charge on any atom is -0.383 e. The monoisotopic (exact) mass is 461 g/mol. The third kappa shape index (κ3) is 5.53. The van der Waals surface area contributed by atoms with E-state index in [1.807, 2.05) is 62.4 Å². The van der Waals surface area contributed by atoms with Gasteiger partial charge in [0.1, 0.15) is 0 Å². The predicted octanol–water partition coefficient (Wildman–Crippen LogP) is 4.68. The summed E-state index contributed by atoms with van der Waals surface area (Å²) in [6, 6.07) is 17.6. The van der Waals surface area contributed by atoms with Crippen LogP contribution in [0, 0.1) is 13.8 Å². The third-order valence-corrected chi connectivity index (χ3v) is 6.41. The van der Waals surface area contributed by atoms with Crippen molar-refractivity contribution in [2.24, 2.45) is 5.10 Å². The summed E-state index contributed by atoms with van der Waals surface area (Å²) in [5.41, 5.74) is 9.49. The highest BCUT2D eigenvalue weighted by Crippen LogP contribution is 2.23. The number of aromatic amines is 1. The van der Waals surface area contributed by atoms with E-state index in [2.05, 4.69) is 31.1 Å². The first-order valence-electron chi connectivity index (χ1n) is 10.7. The quantitative estimate of drug-likeness (QED) is 0.215. The molecule has 0 unspecified atom stereocenters. The maximum atomic E-state index is 12.5. The van der Waals surface area contributed by atoms with Gasteiger partial charge in [-0.3, -0.25) is 4.79 Å². The number of H-pyrrole nitrogens is 1. The lowest BCUT2D eigenvalue weighted by molar-refractivity contribution is 0.0955. The average Bonchev–Trinajstić information content (AvgIpc) is 3.36. The highest BCUT2D eigenvalue weighted by atomic mass is 32.2. The molecule has 0 radical (unpaired) electrons. The van der Waals surface area contributed by atoms with E-state index in [0.717, 1.165) is 51.0 Å². The summed E-state index contributed by atoms with van der Waals surface area (Å²) in [7, 11) is 1.69. The minimum absolute atomic E-state index is 0.240. The van der Waals surface area contributed by atoms with E-state index >= 15 is 0 Å². The number of hydrogen-bond donors (Lipinski definition) is 2. The molecule has 0 spiro atoms. The van der Waals surface area contributed by atoms with Crippen LogP contribution >= 0.6 is 11.8 Å². The van der Waals surface area contributed by atoms with E-state index in [0.29, 0.717) is 12.2 Å². The lowest BCUT2D eigenvalue weighted by atomic mass is 10.1. The Hall–Kier alpha value is -3.36. The Labute approximate surface area is 197 Å². The molecule has 0 bridgehead atoms. The van der Waals surface area contributed by atoms with Gasteiger partial charge < -0.3 is 14.3 Å². The number of nitrogens with one attached hydrogen (secondary N) is 2. The first-order chi connectivity index (χ1) is 16.0. The molecule has 8 heteroatoms. The standard InChI is InChI=1S/C25H27N5O2S/c1-17-14-21(18(2)30(17)12-13-32-3)15-26-29-24(31)20-10-8-19(9-11-20)16-33-25-27-22-6-4-5-7-23(22)28-25/h4-11,14-15H,12-13,16H2,1-3H3,(H,27,28)(H,29,31). The summed E-state index contributed by atoms with van der Waals surface area (Å²) in [6.07, 6.45) is 1.68. The second kappa shape index (κ2) is 10.5. The lowest BCUT2D eigenvalue weighted by Crippen LogP contribution is -2.17. The molecule has 4 aromatic rings. The van der Waals surface area contributed by atoms with Crippen molar-refractivity contribution in [3.05, 3.63) is 82.7 Å². The van der Waals surface area contributed by atoms with Crippen LogP contribution in [0.4, 0.5) is 0 Å². The van der Waals surface area contributed by atoms with Gasteiger partial charge in [0.2, 0.25) is 0 Å². The number of hydrogen-bond acceptors (Lipinski definition) is 5. The summed E-state index contributed by atoms with van der Waals surface area (Å²) in [5, 5.41) is 5.03. The molecule has 7 nitrogen and oxygen atoms in total. The van der Waals surface area contributed by atoms with Crippen LogP contribution in [0.3, 0.4) is 0 Å². The van der Waals surface area contributed by atoms with Crippen LogP contribution in [-0.2, 0) is 17.0 Å². The molecule has 2 heterocycles. The van der Waals surface area contributed by atoms with E-state index in [1.165, 1.54) is 0 Å². The van der Waals surface area contributed by atoms with Gasteiger partial charge >= 0.3 is 0 Å². The summed E-state index contributed by atoms with van der Waals surface area (Å²) >= 11 is 1.63. The minimum atomic E-state index is -0.240. The van der Waals surface area contributed by atoms with Crippen LogP contribution < -0.4 is 5.43 Å². The molecule has 170 valence electrons. The van der Waals surface area contributed by atoms with E-state index in [-0.39, 0.29) is 5.91 Å². The average molecular weight is 462 g/mol. The molecule has 0 aliphatic heterocycles. The number of carbonyl (C=O) groups is 1. The van der Waals surface area contributed by atoms with Crippen LogP contribution in [-0.4, -0.2) is 40.4 Å². The van der Waals surface area contributed by atoms with E-state index in [1.54, 1.807) is 25.1 Å². The normalized spacial score (nSPS) is 11.5. The number of hydrazone groups is 1. The number of para-hydroxylation sites is 2. The molecule has 0 aliphatic rings. The maximum Gasteiger partial charge on any atom is 0.271 e. The van der Waals surface area contributed by atoms with Crippen LogP contribution in [0.25, 0.3) is 11.0 Å². The zero-order chi connectivity index (χ0) is 23.2. The van der Waals surface area contributed by atoms with Crippen LogP contribution in [0.2, 0.25) is 0 Å². The number of benzene rings is 2. The SMILES string of the molecule is COCCn1c(C)cc(C=NNC(=O)c2ccc(CSc3nc4ccccc4[nH]3)cc2)c1C. The number of methoxy groups -OCH3 is 1. The number of thioether (sulfide) groups is 1. The lowest BCUT2D eigenvalue weighted by Gasteiger charge is -2.08. The molecule has 33 heavy (non-hydrogen) atoms. The van der Waals surface area contributed by atoms with Gasteiger partial charge in [-0.25, -0.2) is 10.4 Å². The maximum absolute atomic E-state index is 12.5. The molecule has 0 fully saturated rings. The van der Waals surface area contributed by atoms with E-state index < -0.39 is 0 Å². The Morgan fingerprint density at radius 2 is 2.00 bits per heavy atom. The molecule has 4 rings (SSSR count). The smallest absolute Gasteiger partial charge is 0.271 e. The molecular formula is C25H27N5O2S. The van der Waals surface area contributed by atoms with Crippen LogP contribution in [0.15, 0.2) is 64.9 Å². The number of fused-ring (bicyclic) bond motifs is 1. The molecule has 2 N–H and O–H groups in total. The summed E-state index contributed by atoms with van der Waals surface area (Å²) < 4.78 is 7.34. The number of aromatic nitrogens is 3. The fourth-order valence-electron chi connectivity index (χ4n) is 3.61. The summed E-state index contributed by atoms with van der Waals surface area (Å²) in [6.45, 7) is 5.52. The highest BCUT2D eigenvalue weighted by Gasteiger charge is 2.09. The van der Waals surface area contributed by atoms with Crippen molar-refractivity contribution in [3.8, 4) is 0 Å². The molecule has 0 saturated carbocycles.